The molecule has 0 unspecified atom stereocenters. The van der Waals surface area contributed by atoms with Gasteiger partial charge in [-0.1, -0.05) is 55.8 Å². The zero-order valence-electron chi connectivity index (χ0n) is 15.0. The number of benzene rings is 2. The van der Waals surface area contributed by atoms with Gasteiger partial charge < -0.3 is 0 Å². The lowest BCUT2D eigenvalue weighted by atomic mass is 9.98. The van der Waals surface area contributed by atoms with Crippen molar-refractivity contribution in [2.75, 3.05) is 6.54 Å². The smallest absolute Gasteiger partial charge is 0.207 e. The first kappa shape index (κ1) is 20.0. The van der Waals surface area contributed by atoms with Crippen molar-refractivity contribution in [1.82, 2.24) is 4.31 Å². The monoisotopic (exact) mass is 379 g/mol. The zero-order valence-corrected chi connectivity index (χ0v) is 16.6. The van der Waals surface area contributed by atoms with Crippen molar-refractivity contribution in [3.05, 3.63) is 65.2 Å². The van der Waals surface area contributed by atoms with Crippen molar-refractivity contribution < 1.29 is 8.42 Å². The van der Waals surface area contributed by atoms with E-state index in [1.54, 1.807) is 28.6 Å². The number of hydrogen-bond donors (Lipinski definition) is 0. The van der Waals surface area contributed by atoms with Gasteiger partial charge >= 0.3 is 0 Å². The highest BCUT2D eigenvalue weighted by molar-refractivity contribution is 7.89. The lowest BCUT2D eigenvalue weighted by Crippen LogP contribution is -2.39. The van der Waals surface area contributed by atoms with E-state index in [9.17, 15) is 8.42 Å². The molecule has 2 aromatic carbocycles. The topological polar surface area (TPSA) is 37.4 Å². The van der Waals surface area contributed by atoms with E-state index in [4.69, 9.17) is 11.6 Å². The fraction of sp³-hybridized carbons (Fsp3) is 0.400. The average Bonchev–Trinajstić information content (AvgIpc) is 2.62. The molecule has 0 heterocycles. The van der Waals surface area contributed by atoms with E-state index in [-0.39, 0.29) is 6.04 Å². The summed E-state index contributed by atoms with van der Waals surface area (Å²) in [5.41, 5.74) is 1.23. The Morgan fingerprint density at radius 3 is 2.16 bits per heavy atom. The largest absolute Gasteiger partial charge is 0.243 e. The summed E-state index contributed by atoms with van der Waals surface area (Å²) in [6.07, 6.45) is 1.55. The molecule has 0 saturated carbocycles. The van der Waals surface area contributed by atoms with Crippen LogP contribution in [0.3, 0.4) is 0 Å². The summed E-state index contributed by atoms with van der Waals surface area (Å²) in [4.78, 5) is 0.296. The molecule has 0 aliphatic rings. The summed E-state index contributed by atoms with van der Waals surface area (Å²) in [7, 11) is -3.53. The minimum Gasteiger partial charge on any atom is -0.207 e. The second-order valence-electron chi connectivity index (χ2n) is 6.43. The Morgan fingerprint density at radius 1 is 1.00 bits per heavy atom. The molecule has 3 nitrogen and oxygen atoms in total. The van der Waals surface area contributed by atoms with Crippen LogP contribution in [0.25, 0.3) is 0 Å². The highest BCUT2D eigenvalue weighted by atomic mass is 35.5. The summed E-state index contributed by atoms with van der Waals surface area (Å²) in [6, 6.07) is 16.5. The average molecular weight is 380 g/mol. The molecule has 0 aromatic heterocycles. The first-order valence-electron chi connectivity index (χ1n) is 8.68. The van der Waals surface area contributed by atoms with Gasteiger partial charge in [0.05, 0.1) is 4.90 Å². The van der Waals surface area contributed by atoms with Gasteiger partial charge in [-0.25, -0.2) is 8.42 Å². The quantitative estimate of drug-likeness (QED) is 0.622. The third-order valence-corrected chi connectivity index (χ3v) is 6.93. The van der Waals surface area contributed by atoms with Gasteiger partial charge in [-0.2, -0.15) is 4.31 Å². The van der Waals surface area contributed by atoms with Gasteiger partial charge in [-0.15, -0.1) is 0 Å². The van der Waals surface area contributed by atoms with Gasteiger partial charge in [0.1, 0.15) is 0 Å². The number of halogens is 1. The van der Waals surface area contributed by atoms with Gasteiger partial charge in [-0.05, 0) is 55.5 Å². The standard InChI is InChI=1S/C20H26ClNO2S/c1-4-17(3)22(15-14-16(2)18-8-6-5-7-9-18)25(23,24)20-12-10-19(21)11-13-20/h5-13,16-17H,4,14-15H2,1-3H3/t16-,17+/m0/s1. The van der Waals surface area contributed by atoms with Gasteiger partial charge in [0.2, 0.25) is 10.0 Å². The summed E-state index contributed by atoms with van der Waals surface area (Å²) in [5.74, 6) is 0.299. The highest BCUT2D eigenvalue weighted by Crippen LogP contribution is 2.25. The van der Waals surface area contributed by atoms with Crippen LogP contribution < -0.4 is 0 Å². The number of nitrogens with zero attached hydrogens (tertiary/aromatic N) is 1. The molecule has 0 N–H and O–H groups in total. The van der Waals surface area contributed by atoms with Crippen LogP contribution in [0.1, 0.15) is 45.1 Å². The Kier molecular flexibility index (Phi) is 7.05. The van der Waals surface area contributed by atoms with E-state index >= 15 is 0 Å². The van der Waals surface area contributed by atoms with E-state index in [2.05, 4.69) is 19.1 Å². The molecule has 0 fully saturated rings. The zero-order chi connectivity index (χ0) is 18.4. The molecule has 0 amide bonds. The molecule has 2 rings (SSSR count). The third kappa shape index (κ3) is 5.06. The van der Waals surface area contributed by atoms with Crippen LogP contribution in [0.2, 0.25) is 5.02 Å². The van der Waals surface area contributed by atoms with Crippen molar-refractivity contribution in [1.29, 1.82) is 0 Å². The SMILES string of the molecule is CC[C@@H](C)N(CC[C@H](C)c1ccccc1)S(=O)(=O)c1ccc(Cl)cc1. The van der Waals surface area contributed by atoms with E-state index < -0.39 is 10.0 Å². The van der Waals surface area contributed by atoms with Crippen molar-refractivity contribution in [2.45, 2.75) is 50.5 Å². The van der Waals surface area contributed by atoms with E-state index in [0.29, 0.717) is 22.4 Å². The van der Waals surface area contributed by atoms with Crippen molar-refractivity contribution >= 4 is 21.6 Å². The summed E-state index contributed by atoms with van der Waals surface area (Å²) >= 11 is 5.89. The van der Waals surface area contributed by atoms with Crippen LogP contribution in [-0.2, 0) is 10.0 Å². The summed E-state index contributed by atoms with van der Waals surface area (Å²) in [5, 5.41) is 0.534. The predicted molar refractivity (Wildman–Crippen MR) is 105 cm³/mol. The maximum atomic E-state index is 13.1. The highest BCUT2D eigenvalue weighted by Gasteiger charge is 2.28. The number of hydrogen-bond acceptors (Lipinski definition) is 2. The second-order valence-corrected chi connectivity index (χ2v) is 8.75. The molecule has 0 saturated heterocycles. The Morgan fingerprint density at radius 2 is 1.60 bits per heavy atom. The molecule has 2 aromatic rings. The van der Waals surface area contributed by atoms with Crippen molar-refractivity contribution in [3.8, 4) is 0 Å². The number of rotatable bonds is 8. The molecular formula is C20H26ClNO2S. The molecule has 0 aliphatic carbocycles. The molecule has 5 heteroatoms. The van der Waals surface area contributed by atoms with E-state index in [0.717, 1.165) is 12.8 Å². The first-order chi connectivity index (χ1) is 11.9. The Bertz CT molecular complexity index is 760. The minimum absolute atomic E-state index is 0.0522. The predicted octanol–water partition coefficient (Wildman–Crippen LogP) is 5.32. The van der Waals surface area contributed by atoms with Crippen LogP contribution in [0, 0.1) is 0 Å². The van der Waals surface area contributed by atoms with Crippen molar-refractivity contribution in [2.24, 2.45) is 0 Å². The fourth-order valence-electron chi connectivity index (χ4n) is 2.79. The maximum absolute atomic E-state index is 13.1. The van der Waals surface area contributed by atoms with Gasteiger partial charge in [0, 0.05) is 17.6 Å². The molecule has 136 valence electrons. The molecule has 0 spiro atoms. The maximum Gasteiger partial charge on any atom is 0.243 e. The normalized spacial score (nSPS) is 14.4. The van der Waals surface area contributed by atoms with Crippen LogP contribution in [0.5, 0.6) is 0 Å². The lowest BCUT2D eigenvalue weighted by Gasteiger charge is -2.29. The number of sulfonamides is 1. The minimum atomic E-state index is -3.53. The van der Waals surface area contributed by atoms with Crippen LogP contribution in [0.15, 0.2) is 59.5 Å². The van der Waals surface area contributed by atoms with E-state index in [1.165, 1.54) is 5.56 Å². The van der Waals surface area contributed by atoms with Gasteiger partial charge in [-0.3, -0.25) is 0 Å². The fourth-order valence-corrected chi connectivity index (χ4v) is 4.64. The Labute approximate surface area is 156 Å². The third-order valence-electron chi connectivity index (χ3n) is 4.65. The van der Waals surface area contributed by atoms with Crippen LogP contribution in [-0.4, -0.2) is 25.3 Å². The lowest BCUT2D eigenvalue weighted by molar-refractivity contribution is 0.318. The van der Waals surface area contributed by atoms with Crippen molar-refractivity contribution in [3.63, 3.8) is 0 Å². The molecule has 25 heavy (non-hydrogen) atoms. The first-order valence-corrected chi connectivity index (χ1v) is 10.5. The van der Waals surface area contributed by atoms with E-state index in [1.807, 2.05) is 32.0 Å². The van der Waals surface area contributed by atoms with Crippen LogP contribution >= 0.6 is 11.6 Å². The molecule has 0 bridgehead atoms. The molecule has 0 radical (unpaired) electrons. The Hall–Kier alpha value is -1.36. The summed E-state index contributed by atoms with van der Waals surface area (Å²) in [6.45, 7) is 6.60. The summed E-state index contributed by atoms with van der Waals surface area (Å²) < 4.78 is 27.8. The molecule has 0 aliphatic heterocycles. The molecular weight excluding hydrogens is 354 g/mol. The van der Waals surface area contributed by atoms with Crippen LogP contribution in [0.4, 0.5) is 0 Å². The second kappa shape index (κ2) is 8.84. The van der Waals surface area contributed by atoms with Gasteiger partial charge in [0.25, 0.3) is 0 Å². The molecule has 2 atom stereocenters. The Balaban J connectivity index is 2.19. The van der Waals surface area contributed by atoms with Gasteiger partial charge in [0.15, 0.2) is 0 Å².